The van der Waals surface area contributed by atoms with E-state index >= 15 is 0 Å². The molecule has 1 aliphatic heterocycles. The topological polar surface area (TPSA) is 163 Å². The molecular weight excluding hydrogens is 610 g/mol. The Morgan fingerprint density at radius 1 is 0.938 bits per heavy atom. The van der Waals surface area contributed by atoms with Gasteiger partial charge in [-0.25, -0.2) is 0 Å². The standard InChI is InChI=1S/C36H47N7O5/c1-3-32(45)39-30(36(48)43-19-17-42(18-20-43)23-25-11-15-28(44)16-12-25)21-24-9-13-27(14-10-24)38-35(47)33(26-7-5-4-6-8-26)29-22-31(34(37)46)41(2)40-29/h9-16,22,26,30,33,44H,3-8,17-21,23H2,1-2H3,(H2,37,46)(H,38,47)(H,39,45)/t30-,33+/m1/s1. The fraction of sp³-hybridized carbons (Fsp3) is 0.472. The number of phenolic OH excluding ortho intramolecular Hbond substituents is 1. The number of hydrogen-bond acceptors (Lipinski definition) is 7. The first-order valence-corrected chi connectivity index (χ1v) is 16.9. The molecule has 2 aliphatic rings. The molecule has 5 N–H and O–H groups in total. The van der Waals surface area contributed by atoms with Gasteiger partial charge in [0, 0.05) is 58.3 Å². The van der Waals surface area contributed by atoms with Crippen LogP contribution in [0.4, 0.5) is 5.69 Å². The molecule has 1 saturated heterocycles. The summed E-state index contributed by atoms with van der Waals surface area (Å²) in [4.78, 5) is 55.8. The summed E-state index contributed by atoms with van der Waals surface area (Å²) in [7, 11) is 1.65. The normalized spacial score (nSPS) is 17.0. The highest BCUT2D eigenvalue weighted by Crippen LogP contribution is 2.37. The summed E-state index contributed by atoms with van der Waals surface area (Å²) in [6.07, 6.45) is 5.64. The van der Waals surface area contributed by atoms with E-state index in [0.717, 1.165) is 49.8 Å². The van der Waals surface area contributed by atoms with Crippen molar-refractivity contribution in [1.29, 1.82) is 0 Å². The van der Waals surface area contributed by atoms with Crippen LogP contribution in [-0.4, -0.2) is 80.5 Å². The van der Waals surface area contributed by atoms with Crippen molar-refractivity contribution in [3.05, 3.63) is 77.1 Å². The van der Waals surface area contributed by atoms with Crippen LogP contribution in [0.15, 0.2) is 54.6 Å². The zero-order valence-corrected chi connectivity index (χ0v) is 27.9. The van der Waals surface area contributed by atoms with Crippen LogP contribution in [0.2, 0.25) is 0 Å². The zero-order chi connectivity index (χ0) is 34.2. The van der Waals surface area contributed by atoms with Gasteiger partial charge in [-0.2, -0.15) is 5.10 Å². The van der Waals surface area contributed by atoms with Crippen molar-refractivity contribution < 1.29 is 24.3 Å². The number of piperazine rings is 1. The van der Waals surface area contributed by atoms with E-state index in [1.807, 2.05) is 41.3 Å². The minimum Gasteiger partial charge on any atom is -0.508 e. The number of phenols is 1. The molecular formula is C36H47N7O5. The number of carbonyl (C=O) groups is 4. The van der Waals surface area contributed by atoms with Crippen LogP contribution in [0, 0.1) is 5.92 Å². The molecule has 0 unspecified atom stereocenters. The zero-order valence-electron chi connectivity index (χ0n) is 27.9. The molecule has 4 amide bonds. The van der Waals surface area contributed by atoms with Crippen LogP contribution in [-0.2, 0) is 34.4 Å². The van der Waals surface area contributed by atoms with Gasteiger partial charge in [-0.1, -0.05) is 50.5 Å². The Bertz CT molecular complexity index is 1570. The van der Waals surface area contributed by atoms with E-state index in [0.29, 0.717) is 44.0 Å². The maximum absolute atomic E-state index is 13.7. The van der Waals surface area contributed by atoms with Crippen molar-refractivity contribution in [2.45, 2.75) is 70.4 Å². The quantitative estimate of drug-likeness (QED) is 0.232. The van der Waals surface area contributed by atoms with Crippen LogP contribution < -0.4 is 16.4 Å². The molecule has 2 atom stereocenters. The Labute approximate surface area is 281 Å². The van der Waals surface area contributed by atoms with E-state index in [9.17, 15) is 24.3 Å². The van der Waals surface area contributed by atoms with E-state index in [4.69, 9.17) is 5.73 Å². The highest BCUT2D eigenvalue weighted by atomic mass is 16.3. The van der Waals surface area contributed by atoms with E-state index in [1.165, 1.54) is 4.68 Å². The summed E-state index contributed by atoms with van der Waals surface area (Å²) >= 11 is 0. The molecule has 48 heavy (non-hydrogen) atoms. The lowest BCUT2D eigenvalue weighted by Gasteiger charge is -2.36. The number of aromatic nitrogens is 2. The first kappa shape index (κ1) is 34.6. The van der Waals surface area contributed by atoms with Gasteiger partial charge < -0.3 is 26.4 Å². The summed E-state index contributed by atoms with van der Waals surface area (Å²) in [5, 5.41) is 20.0. The second-order valence-electron chi connectivity index (χ2n) is 12.9. The summed E-state index contributed by atoms with van der Waals surface area (Å²) < 4.78 is 1.43. The van der Waals surface area contributed by atoms with Gasteiger partial charge in [0.1, 0.15) is 17.5 Å². The summed E-state index contributed by atoms with van der Waals surface area (Å²) in [5.41, 5.74) is 8.90. The monoisotopic (exact) mass is 657 g/mol. The lowest BCUT2D eigenvalue weighted by molar-refractivity contribution is -0.138. The molecule has 3 aromatic rings. The molecule has 0 radical (unpaired) electrons. The Hall–Kier alpha value is -4.71. The van der Waals surface area contributed by atoms with Gasteiger partial charge in [-0.15, -0.1) is 0 Å². The first-order valence-electron chi connectivity index (χ1n) is 16.9. The van der Waals surface area contributed by atoms with Crippen molar-refractivity contribution in [2.75, 3.05) is 31.5 Å². The highest BCUT2D eigenvalue weighted by Gasteiger charge is 2.34. The molecule has 5 rings (SSSR count). The largest absolute Gasteiger partial charge is 0.508 e. The predicted octanol–water partition coefficient (Wildman–Crippen LogP) is 3.31. The van der Waals surface area contributed by atoms with E-state index in [2.05, 4.69) is 20.6 Å². The van der Waals surface area contributed by atoms with Crippen LogP contribution in [0.3, 0.4) is 0 Å². The number of rotatable bonds is 12. The number of nitrogens with one attached hydrogen (secondary N) is 2. The fourth-order valence-electron chi connectivity index (χ4n) is 6.81. The van der Waals surface area contributed by atoms with Crippen molar-refractivity contribution in [3.8, 4) is 5.75 Å². The number of primary amides is 1. The second-order valence-corrected chi connectivity index (χ2v) is 12.9. The van der Waals surface area contributed by atoms with Crippen molar-refractivity contribution in [2.24, 2.45) is 18.7 Å². The average molecular weight is 658 g/mol. The molecule has 1 saturated carbocycles. The molecule has 1 aromatic heterocycles. The van der Waals surface area contributed by atoms with Crippen LogP contribution in [0.25, 0.3) is 0 Å². The van der Waals surface area contributed by atoms with Crippen molar-refractivity contribution in [3.63, 3.8) is 0 Å². The SMILES string of the molecule is CCC(=O)N[C@H](Cc1ccc(NC(=O)[C@H](c2cc(C(N)=O)n(C)n2)C2CCCCC2)cc1)C(=O)N1CCN(Cc2ccc(O)cc2)CC1. The molecule has 0 spiro atoms. The Balaban J connectivity index is 1.22. The van der Waals surface area contributed by atoms with Gasteiger partial charge >= 0.3 is 0 Å². The molecule has 12 nitrogen and oxygen atoms in total. The Morgan fingerprint density at radius 2 is 1.58 bits per heavy atom. The average Bonchev–Trinajstić information content (AvgIpc) is 3.47. The van der Waals surface area contributed by atoms with Crippen molar-refractivity contribution in [1.82, 2.24) is 24.9 Å². The summed E-state index contributed by atoms with van der Waals surface area (Å²) in [5.74, 6) is -1.25. The van der Waals surface area contributed by atoms with Crippen LogP contribution in [0.5, 0.6) is 5.75 Å². The van der Waals surface area contributed by atoms with Crippen LogP contribution >= 0.6 is 0 Å². The highest BCUT2D eigenvalue weighted by molar-refractivity contribution is 5.97. The van der Waals surface area contributed by atoms with E-state index < -0.39 is 17.9 Å². The minimum atomic E-state index is -0.708. The van der Waals surface area contributed by atoms with E-state index in [1.54, 1.807) is 32.2 Å². The third-order valence-corrected chi connectivity index (χ3v) is 9.52. The molecule has 2 aromatic carbocycles. The minimum absolute atomic E-state index is 0.109. The molecule has 12 heteroatoms. The predicted molar refractivity (Wildman–Crippen MR) is 182 cm³/mol. The smallest absolute Gasteiger partial charge is 0.266 e. The number of amides is 4. The second kappa shape index (κ2) is 15.9. The van der Waals surface area contributed by atoms with Gasteiger partial charge in [-0.05, 0) is 60.2 Å². The number of aryl methyl sites for hydroxylation is 1. The van der Waals surface area contributed by atoms with Crippen LogP contribution in [0.1, 0.15) is 78.7 Å². The van der Waals surface area contributed by atoms with Gasteiger partial charge in [0.2, 0.25) is 17.7 Å². The summed E-state index contributed by atoms with van der Waals surface area (Å²) in [6.45, 7) is 5.02. The maximum Gasteiger partial charge on any atom is 0.266 e. The number of benzene rings is 2. The Kier molecular flexibility index (Phi) is 11.5. The van der Waals surface area contributed by atoms with Gasteiger partial charge in [0.25, 0.3) is 5.91 Å². The molecule has 1 aliphatic carbocycles. The third kappa shape index (κ3) is 8.80. The number of hydrogen-bond donors (Lipinski definition) is 4. The number of nitrogens with two attached hydrogens (primary N) is 1. The van der Waals surface area contributed by atoms with E-state index in [-0.39, 0.29) is 41.5 Å². The van der Waals surface area contributed by atoms with Gasteiger partial charge in [-0.3, -0.25) is 28.8 Å². The maximum atomic E-state index is 13.7. The lowest BCUT2D eigenvalue weighted by atomic mass is 9.78. The van der Waals surface area contributed by atoms with Gasteiger partial charge in [0.15, 0.2) is 0 Å². The first-order chi connectivity index (χ1) is 23.1. The molecule has 0 bridgehead atoms. The molecule has 2 heterocycles. The molecule has 2 fully saturated rings. The number of aromatic hydroxyl groups is 1. The molecule has 256 valence electrons. The number of nitrogens with zero attached hydrogens (tertiary/aromatic N) is 4. The fourth-order valence-corrected chi connectivity index (χ4v) is 6.81. The third-order valence-electron chi connectivity index (χ3n) is 9.52. The van der Waals surface area contributed by atoms with Crippen molar-refractivity contribution >= 4 is 29.3 Å². The number of anilines is 1. The lowest BCUT2D eigenvalue weighted by Crippen LogP contribution is -2.55. The van der Waals surface area contributed by atoms with Gasteiger partial charge in [0.05, 0.1) is 11.6 Å². The number of carbonyl (C=O) groups excluding carboxylic acids is 4. The Morgan fingerprint density at radius 3 is 2.19 bits per heavy atom. The summed E-state index contributed by atoms with van der Waals surface area (Å²) in [6, 6.07) is 15.4.